The molecule has 1 aromatic carbocycles. The molecule has 1 aromatic heterocycles. The number of thiocarbonyl (C=S) groups is 1. The first-order chi connectivity index (χ1) is 13.6. The fourth-order valence-electron chi connectivity index (χ4n) is 3.44. The Morgan fingerprint density at radius 3 is 2.61 bits per heavy atom. The van der Waals surface area contributed by atoms with Gasteiger partial charge in [-0.1, -0.05) is 25.0 Å². The van der Waals surface area contributed by atoms with Crippen LogP contribution in [-0.4, -0.2) is 24.7 Å². The monoisotopic (exact) mass is 420 g/mol. The Bertz CT molecular complexity index is 834. The Morgan fingerprint density at radius 1 is 1.18 bits per heavy atom. The Morgan fingerprint density at radius 2 is 1.89 bits per heavy atom. The van der Waals surface area contributed by atoms with Gasteiger partial charge in [0, 0.05) is 11.4 Å². The van der Waals surface area contributed by atoms with Crippen LogP contribution < -0.4 is 10.6 Å². The summed E-state index contributed by atoms with van der Waals surface area (Å²) in [4.78, 5) is 13.7. The number of thiophene rings is 1. The Hall–Kier alpha value is -1.99. The van der Waals surface area contributed by atoms with E-state index in [1.807, 2.05) is 0 Å². The van der Waals surface area contributed by atoms with Crippen molar-refractivity contribution in [1.82, 2.24) is 5.32 Å². The number of halogens is 1. The van der Waals surface area contributed by atoms with E-state index in [9.17, 15) is 9.18 Å². The summed E-state index contributed by atoms with van der Waals surface area (Å²) in [5.74, 6) is -0.549. The van der Waals surface area contributed by atoms with Gasteiger partial charge in [0.1, 0.15) is 10.8 Å². The van der Waals surface area contributed by atoms with Crippen LogP contribution in [0.15, 0.2) is 24.3 Å². The van der Waals surface area contributed by atoms with E-state index in [0.717, 1.165) is 48.2 Å². The maximum absolute atomic E-state index is 13.0. The van der Waals surface area contributed by atoms with Crippen molar-refractivity contribution in [3.63, 3.8) is 0 Å². The number of aryl methyl sites for hydroxylation is 1. The first-order valence-electron chi connectivity index (χ1n) is 9.60. The molecule has 2 N–H and O–H groups in total. The number of methoxy groups -OCH3 is 1. The third kappa shape index (κ3) is 5.29. The van der Waals surface area contributed by atoms with Crippen LogP contribution >= 0.6 is 23.6 Å². The van der Waals surface area contributed by atoms with Gasteiger partial charge in [-0.05, 0) is 67.6 Å². The maximum atomic E-state index is 13.0. The SMILES string of the molecule is COC(=O)c1c(NC(=S)NCCc2ccc(F)cc2)sc2c1CCCCCC2. The summed E-state index contributed by atoms with van der Waals surface area (Å²) in [6.45, 7) is 0.621. The van der Waals surface area contributed by atoms with Gasteiger partial charge in [0.05, 0.1) is 12.7 Å². The van der Waals surface area contributed by atoms with Crippen LogP contribution in [0.1, 0.15) is 52.0 Å². The Kier molecular flexibility index (Phi) is 7.39. The van der Waals surface area contributed by atoms with Gasteiger partial charge < -0.3 is 15.4 Å². The first kappa shape index (κ1) is 20.7. The number of anilines is 1. The highest BCUT2D eigenvalue weighted by Gasteiger charge is 2.25. The smallest absolute Gasteiger partial charge is 0.341 e. The molecule has 28 heavy (non-hydrogen) atoms. The number of hydrogen-bond donors (Lipinski definition) is 2. The molecule has 1 aliphatic carbocycles. The number of nitrogens with one attached hydrogen (secondary N) is 2. The van der Waals surface area contributed by atoms with Crippen molar-refractivity contribution in [2.24, 2.45) is 0 Å². The maximum Gasteiger partial charge on any atom is 0.341 e. The third-order valence-electron chi connectivity index (χ3n) is 4.90. The number of ether oxygens (including phenoxy) is 1. The fraction of sp³-hybridized carbons (Fsp3) is 0.429. The summed E-state index contributed by atoms with van der Waals surface area (Å²) < 4.78 is 18.0. The molecular weight excluding hydrogens is 395 g/mol. The lowest BCUT2D eigenvalue weighted by Gasteiger charge is -2.12. The topological polar surface area (TPSA) is 50.4 Å². The third-order valence-corrected chi connectivity index (χ3v) is 6.35. The largest absolute Gasteiger partial charge is 0.465 e. The number of fused-ring (bicyclic) bond motifs is 1. The average Bonchev–Trinajstić information content (AvgIpc) is 2.98. The number of carbonyl (C=O) groups excluding carboxylic acids is 1. The molecule has 150 valence electrons. The van der Waals surface area contributed by atoms with Crippen LogP contribution in [0.25, 0.3) is 0 Å². The van der Waals surface area contributed by atoms with Crippen LogP contribution in [-0.2, 0) is 24.0 Å². The second kappa shape index (κ2) is 9.98. The van der Waals surface area contributed by atoms with E-state index < -0.39 is 0 Å². The van der Waals surface area contributed by atoms with Gasteiger partial charge >= 0.3 is 5.97 Å². The van der Waals surface area contributed by atoms with E-state index in [4.69, 9.17) is 17.0 Å². The molecule has 0 saturated heterocycles. The van der Waals surface area contributed by atoms with Crippen molar-refractivity contribution >= 4 is 39.6 Å². The molecule has 2 aromatic rings. The van der Waals surface area contributed by atoms with E-state index in [1.54, 1.807) is 23.5 Å². The van der Waals surface area contributed by atoms with Gasteiger partial charge in [0.15, 0.2) is 5.11 Å². The normalized spacial score (nSPS) is 13.8. The minimum Gasteiger partial charge on any atom is -0.465 e. The fourth-order valence-corrected chi connectivity index (χ4v) is 4.99. The highest BCUT2D eigenvalue weighted by molar-refractivity contribution is 7.80. The van der Waals surface area contributed by atoms with Gasteiger partial charge in [-0.25, -0.2) is 9.18 Å². The van der Waals surface area contributed by atoms with Gasteiger partial charge in [-0.15, -0.1) is 11.3 Å². The molecule has 0 aliphatic heterocycles. The van der Waals surface area contributed by atoms with Crippen molar-refractivity contribution in [3.05, 3.63) is 51.7 Å². The van der Waals surface area contributed by atoms with E-state index in [2.05, 4.69) is 10.6 Å². The summed E-state index contributed by atoms with van der Waals surface area (Å²) >= 11 is 7.03. The highest BCUT2D eigenvalue weighted by atomic mass is 32.1. The van der Waals surface area contributed by atoms with Crippen LogP contribution in [0.2, 0.25) is 0 Å². The molecule has 0 atom stereocenters. The zero-order chi connectivity index (χ0) is 19.9. The molecule has 1 aliphatic rings. The molecule has 0 saturated carbocycles. The van der Waals surface area contributed by atoms with Gasteiger partial charge in [0.2, 0.25) is 0 Å². The lowest BCUT2D eigenvalue weighted by atomic mass is 9.96. The summed E-state index contributed by atoms with van der Waals surface area (Å²) in [5.41, 5.74) is 2.78. The number of benzene rings is 1. The first-order valence-corrected chi connectivity index (χ1v) is 10.8. The number of hydrogen-bond acceptors (Lipinski definition) is 4. The molecule has 0 unspecified atom stereocenters. The zero-order valence-corrected chi connectivity index (χ0v) is 17.6. The Balaban J connectivity index is 1.66. The summed E-state index contributed by atoms with van der Waals surface area (Å²) in [5, 5.41) is 7.60. The number of esters is 1. The molecule has 0 amide bonds. The van der Waals surface area contributed by atoms with E-state index in [-0.39, 0.29) is 11.8 Å². The van der Waals surface area contributed by atoms with Crippen molar-refractivity contribution in [3.8, 4) is 0 Å². The predicted molar refractivity (Wildman–Crippen MR) is 116 cm³/mol. The van der Waals surface area contributed by atoms with Crippen LogP contribution in [0.4, 0.5) is 9.39 Å². The highest BCUT2D eigenvalue weighted by Crippen LogP contribution is 2.37. The molecule has 4 nitrogen and oxygen atoms in total. The van der Waals surface area contributed by atoms with Crippen LogP contribution in [0.5, 0.6) is 0 Å². The van der Waals surface area contributed by atoms with Crippen molar-refractivity contribution in [1.29, 1.82) is 0 Å². The molecule has 3 rings (SSSR count). The number of carbonyl (C=O) groups is 1. The second-order valence-corrected chi connectivity index (χ2v) is 8.38. The summed E-state index contributed by atoms with van der Waals surface area (Å²) in [7, 11) is 1.42. The minimum atomic E-state index is -0.310. The molecule has 1 heterocycles. The molecule has 0 bridgehead atoms. The van der Waals surface area contributed by atoms with Gasteiger partial charge in [-0.3, -0.25) is 0 Å². The molecule has 0 radical (unpaired) electrons. The van der Waals surface area contributed by atoms with Crippen LogP contribution in [0, 0.1) is 5.82 Å². The predicted octanol–water partition coefficient (Wildman–Crippen LogP) is 4.86. The van der Waals surface area contributed by atoms with Crippen molar-refractivity contribution < 1.29 is 13.9 Å². The molecule has 0 spiro atoms. The molecule has 0 fully saturated rings. The van der Waals surface area contributed by atoms with Crippen molar-refractivity contribution in [2.75, 3.05) is 19.0 Å². The van der Waals surface area contributed by atoms with E-state index in [0.29, 0.717) is 17.2 Å². The van der Waals surface area contributed by atoms with Gasteiger partial charge in [0.25, 0.3) is 0 Å². The van der Waals surface area contributed by atoms with Gasteiger partial charge in [-0.2, -0.15) is 0 Å². The molecule has 7 heteroatoms. The average molecular weight is 421 g/mol. The quantitative estimate of drug-likeness (QED) is 0.534. The Labute approximate surface area is 174 Å². The summed E-state index contributed by atoms with van der Waals surface area (Å²) in [6.07, 6.45) is 7.30. The lowest BCUT2D eigenvalue weighted by Crippen LogP contribution is -2.30. The standard InChI is InChI=1S/C21H25FN2O2S2/c1-26-20(25)18-16-6-4-2-3-5-7-17(16)28-19(18)24-21(27)23-13-12-14-8-10-15(22)11-9-14/h8-11H,2-7,12-13H2,1H3,(H2,23,24,27). The van der Waals surface area contributed by atoms with Crippen LogP contribution in [0.3, 0.4) is 0 Å². The lowest BCUT2D eigenvalue weighted by molar-refractivity contribution is 0.0601. The van der Waals surface area contributed by atoms with E-state index >= 15 is 0 Å². The van der Waals surface area contributed by atoms with Crippen molar-refractivity contribution in [2.45, 2.75) is 44.9 Å². The zero-order valence-electron chi connectivity index (χ0n) is 16.0. The minimum absolute atomic E-state index is 0.238. The number of rotatable bonds is 5. The second-order valence-electron chi connectivity index (χ2n) is 6.87. The van der Waals surface area contributed by atoms with E-state index in [1.165, 1.54) is 37.0 Å². The molecular formula is C21H25FN2O2S2. The summed E-state index contributed by atoms with van der Waals surface area (Å²) in [6, 6.07) is 6.44.